The monoisotopic (exact) mass is 408 g/mol. The van der Waals surface area contributed by atoms with Crippen LogP contribution in [0.3, 0.4) is 0 Å². The molecule has 0 radical (unpaired) electrons. The van der Waals surface area contributed by atoms with Gasteiger partial charge in [-0.3, -0.25) is 19.7 Å². The number of hydrogen-bond acceptors (Lipinski definition) is 5. The summed E-state index contributed by atoms with van der Waals surface area (Å²) >= 11 is 0. The zero-order valence-corrected chi connectivity index (χ0v) is 15.9. The minimum absolute atomic E-state index is 0.238. The van der Waals surface area contributed by atoms with Crippen LogP contribution in [0.5, 0.6) is 0 Å². The van der Waals surface area contributed by atoms with E-state index in [1.165, 1.54) is 6.92 Å². The number of halogens is 1. The van der Waals surface area contributed by atoms with Gasteiger partial charge in [0.15, 0.2) is 0 Å². The van der Waals surface area contributed by atoms with Crippen molar-refractivity contribution in [1.82, 2.24) is 5.43 Å². The molecule has 0 heterocycles. The summed E-state index contributed by atoms with van der Waals surface area (Å²) in [6.45, 7) is 1.52. The quantitative estimate of drug-likeness (QED) is 0.364. The van der Waals surface area contributed by atoms with Gasteiger partial charge < -0.3 is 5.32 Å². The second-order valence-electron chi connectivity index (χ2n) is 6.46. The summed E-state index contributed by atoms with van der Waals surface area (Å²) in [5.41, 5.74) is 2.46. The van der Waals surface area contributed by atoms with E-state index in [2.05, 4.69) is 15.8 Å². The maximum atomic E-state index is 13.8. The van der Waals surface area contributed by atoms with Crippen LogP contribution in [0.2, 0.25) is 0 Å². The van der Waals surface area contributed by atoms with E-state index in [1.807, 2.05) is 30.3 Å². The number of amides is 2. The van der Waals surface area contributed by atoms with Crippen molar-refractivity contribution in [2.45, 2.75) is 13.3 Å². The minimum Gasteiger partial charge on any atom is -0.323 e. The first-order valence-corrected chi connectivity index (χ1v) is 8.90. The van der Waals surface area contributed by atoms with Gasteiger partial charge in [0, 0.05) is 23.4 Å². The molecule has 0 atom stereocenters. The van der Waals surface area contributed by atoms with E-state index in [-0.39, 0.29) is 23.5 Å². The molecular weight excluding hydrogens is 391 g/mol. The molecule has 30 heavy (non-hydrogen) atoms. The molecule has 2 N–H and O–H groups in total. The number of benzene rings is 3. The Bertz CT molecular complexity index is 1170. The maximum Gasteiger partial charge on any atom is 0.271 e. The minimum atomic E-state index is -0.798. The van der Waals surface area contributed by atoms with E-state index in [1.54, 1.807) is 12.1 Å². The van der Waals surface area contributed by atoms with Gasteiger partial charge in [0.25, 0.3) is 11.6 Å². The van der Waals surface area contributed by atoms with Crippen molar-refractivity contribution < 1.29 is 18.9 Å². The number of carbonyl (C=O) groups is 2. The normalized spacial score (nSPS) is 11.2. The summed E-state index contributed by atoms with van der Waals surface area (Å²) in [6.07, 6.45) is -0.238. The van der Waals surface area contributed by atoms with Crippen molar-refractivity contribution in [2.75, 3.05) is 5.32 Å². The fourth-order valence-electron chi connectivity index (χ4n) is 2.82. The van der Waals surface area contributed by atoms with Crippen LogP contribution in [0.1, 0.15) is 23.7 Å². The van der Waals surface area contributed by atoms with Crippen molar-refractivity contribution in [3.05, 3.63) is 82.2 Å². The second kappa shape index (κ2) is 8.91. The average Bonchev–Trinajstić information content (AvgIpc) is 2.73. The lowest BCUT2D eigenvalue weighted by Gasteiger charge is -2.07. The van der Waals surface area contributed by atoms with Crippen molar-refractivity contribution >= 4 is 39.7 Å². The number of hydrazone groups is 1. The molecule has 0 unspecified atom stereocenters. The number of hydrogen-bond donors (Lipinski definition) is 2. The molecule has 0 aliphatic heterocycles. The Balaban J connectivity index is 1.65. The van der Waals surface area contributed by atoms with Gasteiger partial charge in [0.05, 0.1) is 17.0 Å². The third-order valence-electron chi connectivity index (χ3n) is 4.23. The van der Waals surface area contributed by atoms with Crippen LogP contribution in [0.25, 0.3) is 10.8 Å². The SMILES string of the molecule is C/C(CC(=O)Nc1cc([N+](=O)[O-])ccc1F)=N\NC(=O)c1cccc2ccccc12. The number of nitrogens with zero attached hydrogens (tertiary/aromatic N) is 2. The van der Waals surface area contributed by atoms with E-state index in [4.69, 9.17) is 0 Å². The largest absolute Gasteiger partial charge is 0.323 e. The number of rotatable bonds is 6. The fraction of sp³-hybridized carbons (Fsp3) is 0.0952. The Kier molecular flexibility index (Phi) is 6.11. The Morgan fingerprint density at radius 1 is 1.10 bits per heavy atom. The molecule has 152 valence electrons. The van der Waals surface area contributed by atoms with Gasteiger partial charge in [0.1, 0.15) is 5.82 Å². The summed E-state index contributed by atoms with van der Waals surface area (Å²) < 4.78 is 13.8. The first-order chi connectivity index (χ1) is 14.3. The van der Waals surface area contributed by atoms with E-state index in [0.29, 0.717) is 5.56 Å². The third-order valence-corrected chi connectivity index (χ3v) is 4.23. The molecule has 0 aromatic heterocycles. The molecule has 0 aliphatic carbocycles. The van der Waals surface area contributed by atoms with Gasteiger partial charge in [-0.05, 0) is 29.8 Å². The molecule has 3 aromatic rings. The molecule has 2 amide bonds. The maximum absolute atomic E-state index is 13.8. The van der Waals surface area contributed by atoms with Crippen LogP contribution in [0.15, 0.2) is 65.8 Å². The molecule has 0 saturated carbocycles. The number of nitrogens with one attached hydrogen (secondary N) is 2. The number of fused-ring (bicyclic) bond motifs is 1. The van der Waals surface area contributed by atoms with E-state index < -0.39 is 22.6 Å². The molecule has 0 bridgehead atoms. The standard InChI is InChI=1S/C21H17FN4O4/c1-13(11-20(27)23-19-12-15(26(29)30)9-10-18(19)22)24-25-21(28)17-8-4-6-14-5-2-3-7-16(14)17/h2-10,12H,11H2,1H3,(H,23,27)(H,25,28)/b24-13+. The van der Waals surface area contributed by atoms with Crippen LogP contribution in [-0.2, 0) is 4.79 Å². The number of carbonyl (C=O) groups excluding carboxylic acids is 2. The predicted molar refractivity (Wildman–Crippen MR) is 111 cm³/mol. The fourth-order valence-corrected chi connectivity index (χ4v) is 2.82. The highest BCUT2D eigenvalue weighted by Gasteiger charge is 2.14. The van der Waals surface area contributed by atoms with Crippen LogP contribution >= 0.6 is 0 Å². The Hall–Kier alpha value is -4.14. The molecule has 3 aromatic carbocycles. The number of nitro benzene ring substituents is 1. The highest BCUT2D eigenvalue weighted by atomic mass is 19.1. The Morgan fingerprint density at radius 3 is 2.60 bits per heavy atom. The highest BCUT2D eigenvalue weighted by molar-refractivity contribution is 6.08. The van der Waals surface area contributed by atoms with Crippen molar-refractivity contribution in [2.24, 2.45) is 5.10 Å². The zero-order valence-electron chi connectivity index (χ0n) is 15.9. The summed E-state index contributed by atoms with van der Waals surface area (Å²) in [4.78, 5) is 34.7. The highest BCUT2D eigenvalue weighted by Crippen LogP contribution is 2.21. The number of anilines is 1. The molecule has 9 heteroatoms. The lowest BCUT2D eigenvalue weighted by atomic mass is 10.0. The second-order valence-corrected chi connectivity index (χ2v) is 6.46. The van der Waals surface area contributed by atoms with E-state index in [9.17, 15) is 24.1 Å². The van der Waals surface area contributed by atoms with Crippen LogP contribution in [0.4, 0.5) is 15.8 Å². The zero-order chi connectivity index (χ0) is 21.7. The molecule has 0 fully saturated rings. The summed E-state index contributed by atoms with van der Waals surface area (Å²) in [7, 11) is 0. The first-order valence-electron chi connectivity index (χ1n) is 8.90. The first kappa shape index (κ1) is 20.6. The molecule has 0 aliphatic rings. The van der Waals surface area contributed by atoms with Gasteiger partial charge in [-0.15, -0.1) is 0 Å². The number of nitro groups is 1. The number of non-ortho nitro benzene ring substituents is 1. The molecule has 0 saturated heterocycles. The van der Waals surface area contributed by atoms with Gasteiger partial charge in [-0.2, -0.15) is 5.10 Å². The van der Waals surface area contributed by atoms with Crippen molar-refractivity contribution in [3.8, 4) is 0 Å². The molecule has 0 spiro atoms. The van der Waals surface area contributed by atoms with Gasteiger partial charge >= 0.3 is 0 Å². The van der Waals surface area contributed by atoms with Crippen LogP contribution in [0, 0.1) is 15.9 Å². The van der Waals surface area contributed by atoms with Crippen molar-refractivity contribution in [1.29, 1.82) is 0 Å². The molecule has 3 rings (SSSR count). The third kappa shape index (κ3) is 4.82. The molecular formula is C21H17FN4O4. The smallest absolute Gasteiger partial charge is 0.271 e. The van der Waals surface area contributed by atoms with Crippen molar-refractivity contribution in [3.63, 3.8) is 0 Å². The lowest BCUT2D eigenvalue weighted by Crippen LogP contribution is -2.22. The Labute approximate surface area is 170 Å². The van der Waals surface area contributed by atoms with Gasteiger partial charge in [-0.1, -0.05) is 36.4 Å². The van der Waals surface area contributed by atoms with Gasteiger partial charge in [-0.25, -0.2) is 9.82 Å². The van der Waals surface area contributed by atoms with Crippen LogP contribution < -0.4 is 10.7 Å². The molecule has 8 nitrogen and oxygen atoms in total. The predicted octanol–water partition coefficient (Wildman–Crippen LogP) is 4.02. The van der Waals surface area contributed by atoms with E-state index >= 15 is 0 Å². The topological polar surface area (TPSA) is 114 Å². The Morgan fingerprint density at radius 2 is 1.83 bits per heavy atom. The average molecular weight is 408 g/mol. The summed E-state index contributed by atoms with van der Waals surface area (Å²) in [5.74, 6) is -1.86. The summed E-state index contributed by atoms with van der Waals surface area (Å²) in [5, 5.41) is 18.6. The van der Waals surface area contributed by atoms with Gasteiger partial charge in [0.2, 0.25) is 5.91 Å². The lowest BCUT2D eigenvalue weighted by molar-refractivity contribution is -0.384. The summed E-state index contributed by atoms with van der Waals surface area (Å²) in [6, 6.07) is 15.6. The van der Waals surface area contributed by atoms with E-state index in [0.717, 1.165) is 29.0 Å². The van der Waals surface area contributed by atoms with Crippen LogP contribution in [-0.4, -0.2) is 22.4 Å².